The second kappa shape index (κ2) is 5.57. The van der Waals surface area contributed by atoms with Crippen molar-refractivity contribution in [2.75, 3.05) is 5.32 Å². The van der Waals surface area contributed by atoms with Crippen LogP contribution in [0.2, 0.25) is 0 Å². The van der Waals surface area contributed by atoms with E-state index < -0.39 is 0 Å². The Hall–Kier alpha value is -1.34. The number of hydrogen-bond acceptors (Lipinski definition) is 1. The first kappa shape index (κ1) is 13.6. The van der Waals surface area contributed by atoms with Crippen molar-refractivity contribution in [1.82, 2.24) is 4.98 Å². The van der Waals surface area contributed by atoms with E-state index in [4.69, 9.17) is 0 Å². The zero-order valence-electron chi connectivity index (χ0n) is 10.3. The summed E-state index contributed by atoms with van der Waals surface area (Å²) in [6.45, 7) is 0. The van der Waals surface area contributed by atoms with Crippen molar-refractivity contribution >= 4 is 61.0 Å². The second-order valence-corrected chi connectivity index (χ2v) is 6.36. The van der Waals surface area contributed by atoms with Crippen LogP contribution in [0.15, 0.2) is 53.0 Å². The number of rotatable bonds is 2. The summed E-state index contributed by atoms with van der Waals surface area (Å²) >= 11 is 5.71. The molecule has 0 unspecified atom stereocenters. The lowest BCUT2D eigenvalue weighted by molar-refractivity contribution is 0.102. The van der Waals surface area contributed by atoms with E-state index in [0.717, 1.165) is 24.6 Å². The number of anilines is 1. The lowest BCUT2D eigenvalue weighted by Crippen LogP contribution is -2.12. The molecule has 0 saturated heterocycles. The SMILES string of the molecule is O=C(Nc1ccc(I)cc1)c1[nH]c2ccccc2c1Br. The highest BCUT2D eigenvalue weighted by Gasteiger charge is 2.15. The molecule has 0 spiro atoms. The summed E-state index contributed by atoms with van der Waals surface area (Å²) in [5.74, 6) is -0.158. The Labute approximate surface area is 138 Å². The summed E-state index contributed by atoms with van der Waals surface area (Å²) in [5.41, 5.74) is 2.25. The van der Waals surface area contributed by atoms with E-state index in [1.165, 1.54) is 0 Å². The normalized spacial score (nSPS) is 10.7. The Morgan fingerprint density at radius 1 is 1.10 bits per heavy atom. The molecule has 0 fully saturated rings. The molecule has 0 radical (unpaired) electrons. The number of carbonyl (C=O) groups is 1. The third-order valence-electron chi connectivity index (χ3n) is 2.97. The van der Waals surface area contributed by atoms with Gasteiger partial charge in [0, 0.05) is 20.2 Å². The minimum absolute atomic E-state index is 0.158. The molecule has 1 aromatic heterocycles. The van der Waals surface area contributed by atoms with E-state index in [9.17, 15) is 4.79 Å². The maximum Gasteiger partial charge on any atom is 0.273 e. The topological polar surface area (TPSA) is 44.9 Å². The number of nitrogens with one attached hydrogen (secondary N) is 2. The van der Waals surface area contributed by atoms with E-state index in [-0.39, 0.29) is 5.91 Å². The zero-order chi connectivity index (χ0) is 14.1. The number of carbonyl (C=O) groups excluding carboxylic acids is 1. The van der Waals surface area contributed by atoms with Crippen molar-refractivity contribution in [2.45, 2.75) is 0 Å². The van der Waals surface area contributed by atoms with Crippen LogP contribution < -0.4 is 5.32 Å². The van der Waals surface area contributed by atoms with E-state index in [2.05, 4.69) is 48.8 Å². The van der Waals surface area contributed by atoms with Gasteiger partial charge in [-0.2, -0.15) is 0 Å². The van der Waals surface area contributed by atoms with Gasteiger partial charge >= 0.3 is 0 Å². The predicted octanol–water partition coefficient (Wildman–Crippen LogP) is 4.79. The average Bonchev–Trinajstić information content (AvgIpc) is 2.79. The van der Waals surface area contributed by atoms with Crippen molar-refractivity contribution in [1.29, 1.82) is 0 Å². The summed E-state index contributed by atoms with van der Waals surface area (Å²) in [6, 6.07) is 15.5. The first-order valence-electron chi connectivity index (χ1n) is 5.98. The van der Waals surface area contributed by atoms with Gasteiger partial charge < -0.3 is 10.3 Å². The number of hydrogen-bond donors (Lipinski definition) is 2. The predicted molar refractivity (Wildman–Crippen MR) is 93.1 cm³/mol. The van der Waals surface area contributed by atoms with E-state index in [0.29, 0.717) is 5.69 Å². The Kier molecular flexibility index (Phi) is 3.80. The summed E-state index contributed by atoms with van der Waals surface area (Å²) in [5, 5.41) is 3.88. The van der Waals surface area contributed by atoms with Crippen LogP contribution in [0.25, 0.3) is 10.9 Å². The highest BCUT2D eigenvalue weighted by Crippen LogP contribution is 2.28. The van der Waals surface area contributed by atoms with Crippen molar-refractivity contribution < 1.29 is 4.79 Å². The number of para-hydroxylation sites is 1. The maximum atomic E-state index is 12.3. The Morgan fingerprint density at radius 3 is 2.50 bits per heavy atom. The highest BCUT2D eigenvalue weighted by molar-refractivity contribution is 14.1. The van der Waals surface area contributed by atoms with Gasteiger partial charge in [-0.1, -0.05) is 18.2 Å². The first-order chi connectivity index (χ1) is 9.65. The van der Waals surface area contributed by atoms with Crippen molar-refractivity contribution in [2.24, 2.45) is 0 Å². The monoisotopic (exact) mass is 440 g/mol. The average molecular weight is 441 g/mol. The molecule has 5 heteroatoms. The first-order valence-corrected chi connectivity index (χ1v) is 7.85. The van der Waals surface area contributed by atoms with Gasteiger partial charge in [0.1, 0.15) is 5.69 Å². The number of amides is 1. The van der Waals surface area contributed by atoms with Gasteiger partial charge in [-0.05, 0) is 68.9 Å². The molecule has 0 aliphatic heterocycles. The second-order valence-electron chi connectivity index (χ2n) is 4.32. The van der Waals surface area contributed by atoms with Crippen LogP contribution in [0.4, 0.5) is 5.69 Å². The number of aromatic nitrogens is 1. The summed E-state index contributed by atoms with van der Waals surface area (Å²) in [7, 11) is 0. The molecule has 3 rings (SSSR count). The molecular formula is C15H10BrIN2O. The molecule has 0 aliphatic carbocycles. The molecule has 20 heavy (non-hydrogen) atoms. The Balaban J connectivity index is 1.92. The number of fused-ring (bicyclic) bond motifs is 1. The van der Waals surface area contributed by atoms with Crippen LogP contribution in [0.3, 0.4) is 0 Å². The van der Waals surface area contributed by atoms with E-state index in [1.54, 1.807) is 0 Å². The van der Waals surface area contributed by atoms with Crippen molar-refractivity contribution in [3.8, 4) is 0 Å². The third kappa shape index (κ3) is 2.60. The third-order valence-corrected chi connectivity index (χ3v) is 4.51. The maximum absolute atomic E-state index is 12.3. The molecule has 0 aliphatic rings. The molecule has 0 saturated carbocycles. The molecule has 3 nitrogen and oxygen atoms in total. The highest BCUT2D eigenvalue weighted by atomic mass is 127. The largest absolute Gasteiger partial charge is 0.350 e. The summed E-state index contributed by atoms with van der Waals surface area (Å²) in [6.07, 6.45) is 0. The van der Waals surface area contributed by atoms with Gasteiger partial charge in [0.15, 0.2) is 0 Å². The number of aromatic amines is 1. The van der Waals surface area contributed by atoms with Crippen molar-refractivity contribution in [3.63, 3.8) is 0 Å². The van der Waals surface area contributed by atoms with Gasteiger partial charge in [0.05, 0.1) is 4.47 Å². The van der Waals surface area contributed by atoms with Crippen LogP contribution >= 0.6 is 38.5 Å². The van der Waals surface area contributed by atoms with Gasteiger partial charge in [0.2, 0.25) is 0 Å². The number of halogens is 2. The molecular weight excluding hydrogens is 431 g/mol. The van der Waals surface area contributed by atoms with Gasteiger partial charge in [-0.15, -0.1) is 0 Å². The number of H-pyrrole nitrogens is 1. The van der Waals surface area contributed by atoms with E-state index in [1.807, 2.05) is 48.5 Å². The standard InChI is InChI=1S/C15H10BrIN2O/c16-13-11-3-1-2-4-12(11)19-14(13)15(20)18-10-7-5-9(17)6-8-10/h1-8,19H,(H,18,20). The Bertz CT molecular complexity index is 780. The van der Waals surface area contributed by atoms with Gasteiger partial charge in [-0.3, -0.25) is 4.79 Å². The fraction of sp³-hybridized carbons (Fsp3) is 0. The summed E-state index contributed by atoms with van der Waals surface area (Å²) in [4.78, 5) is 15.5. The minimum Gasteiger partial charge on any atom is -0.350 e. The molecule has 3 aromatic rings. The molecule has 0 atom stereocenters. The van der Waals surface area contributed by atoms with Crippen LogP contribution in [0.1, 0.15) is 10.5 Å². The lowest BCUT2D eigenvalue weighted by atomic mass is 10.2. The molecule has 0 bridgehead atoms. The van der Waals surface area contributed by atoms with Crippen LogP contribution in [0, 0.1) is 3.57 Å². The van der Waals surface area contributed by atoms with Gasteiger partial charge in [0.25, 0.3) is 5.91 Å². The van der Waals surface area contributed by atoms with Crippen LogP contribution in [-0.2, 0) is 0 Å². The molecule has 2 N–H and O–H groups in total. The molecule has 100 valence electrons. The molecule has 1 heterocycles. The quantitative estimate of drug-likeness (QED) is 0.553. The summed E-state index contributed by atoms with van der Waals surface area (Å²) < 4.78 is 1.92. The molecule has 1 amide bonds. The Morgan fingerprint density at radius 2 is 1.80 bits per heavy atom. The van der Waals surface area contributed by atoms with E-state index >= 15 is 0 Å². The fourth-order valence-corrected chi connectivity index (χ4v) is 2.98. The molecule has 2 aromatic carbocycles. The van der Waals surface area contributed by atoms with Gasteiger partial charge in [-0.25, -0.2) is 0 Å². The minimum atomic E-state index is -0.158. The number of benzene rings is 2. The fourth-order valence-electron chi connectivity index (χ4n) is 1.99. The smallest absolute Gasteiger partial charge is 0.273 e. The van der Waals surface area contributed by atoms with Crippen LogP contribution in [-0.4, -0.2) is 10.9 Å². The van der Waals surface area contributed by atoms with Crippen molar-refractivity contribution in [3.05, 3.63) is 62.3 Å². The lowest BCUT2D eigenvalue weighted by Gasteiger charge is -2.04. The van der Waals surface area contributed by atoms with Crippen LogP contribution in [0.5, 0.6) is 0 Å². The zero-order valence-corrected chi connectivity index (χ0v) is 14.0.